The number of halogens is 1. The summed E-state index contributed by atoms with van der Waals surface area (Å²) in [6.45, 7) is 0. The number of carbonyl (C=O) groups is 2. The van der Waals surface area contributed by atoms with E-state index in [2.05, 4.69) is 4.74 Å². The largest absolute Gasteiger partial charge is 0.465 e. The lowest BCUT2D eigenvalue weighted by Crippen LogP contribution is -2.03. The van der Waals surface area contributed by atoms with E-state index in [0.717, 1.165) is 0 Å². The lowest BCUT2D eigenvalue weighted by Gasteiger charge is -2.07. The van der Waals surface area contributed by atoms with Gasteiger partial charge >= 0.3 is 5.97 Å². The fourth-order valence-electron chi connectivity index (χ4n) is 1.42. The molecule has 2 aromatic rings. The molecule has 0 saturated heterocycles. The molecule has 1 heterocycles. The van der Waals surface area contributed by atoms with Crippen molar-refractivity contribution in [3.05, 3.63) is 46.7 Å². The van der Waals surface area contributed by atoms with Crippen LogP contribution >= 0.6 is 11.6 Å². The Hall–Kier alpha value is -2.27. The number of aldehydes is 1. The molecule has 0 radical (unpaired) electrons. The number of benzene rings is 1. The van der Waals surface area contributed by atoms with E-state index in [0.29, 0.717) is 11.3 Å². The first-order valence-electron chi connectivity index (χ1n) is 5.25. The van der Waals surface area contributed by atoms with E-state index in [4.69, 9.17) is 20.8 Å². The Balaban J connectivity index is 2.33. The standard InChI is InChI=1S/C13H9ClO5/c1-17-13(16)10-6-8(14)2-4-11(10)19-12-5-3-9(7-15)18-12/h2-7H,1H3. The second-order valence-electron chi connectivity index (χ2n) is 3.51. The van der Waals surface area contributed by atoms with Crippen molar-refractivity contribution in [2.45, 2.75) is 0 Å². The summed E-state index contributed by atoms with van der Waals surface area (Å²) in [4.78, 5) is 22.1. The minimum absolute atomic E-state index is 0.0922. The number of hydrogen-bond acceptors (Lipinski definition) is 5. The lowest BCUT2D eigenvalue weighted by molar-refractivity contribution is 0.0597. The van der Waals surface area contributed by atoms with E-state index < -0.39 is 5.97 Å². The molecule has 0 spiro atoms. The van der Waals surface area contributed by atoms with Gasteiger partial charge in [0.25, 0.3) is 5.95 Å². The van der Waals surface area contributed by atoms with Gasteiger partial charge in [0.05, 0.1) is 7.11 Å². The Kier molecular flexibility index (Phi) is 3.87. The normalized spacial score (nSPS) is 10.0. The van der Waals surface area contributed by atoms with Crippen LogP contribution in [0, 0.1) is 0 Å². The Morgan fingerprint density at radius 2 is 2.11 bits per heavy atom. The average molecular weight is 281 g/mol. The number of carbonyl (C=O) groups excluding carboxylic acids is 2. The predicted molar refractivity (Wildman–Crippen MR) is 67.0 cm³/mol. The Morgan fingerprint density at radius 1 is 1.32 bits per heavy atom. The zero-order valence-electron chi connectivity index (χ0n) is 9.88. The fraction of sp³-hybridized carbons (Fsp3) is 0.0769. The molecule has 0 fully saturated rings. The van der Waals surface area contributed by atoms with Crippen molar-refractivity contribution in [1.29, 1.82) is 0 Å². The third kappa shape index (κ3) is 2.95. The van der Waals surface area contributed by atoms with E-state index in [9.17, 15) is 9.59 Å². The van der Waals surface area contributed by atoms with E-state index in [1.165, 1.54) is 31.4 Å². The van der Waals surface area contributed by atoms with Gasteiger partial charge in [-0.3, -0.25) is 4.79 Å². The van der Waals surface area contributed by atoms with Crippen LogP contribution < -0.4 is 4.74 Å². The number of ether oxygens (including phenoxy) is 2. The summed E-state index contributed by atoms with van der Waals surface area (Å²) in [6, 6.07) is 7.42. The molecule has 1 aromatic carbocycles. The molecule has 0 saturated carbocycles. The van der Waals surface area contributed by atoms with Gasteiger partial charge in [-0.25, -0.2) is 4.79 Å². The van der Waals surface area contributed by atoms with Crippen molar-refractivity contribution < 1.29 is 23.5 Å². The fourth-order valence-corrected chi connectivity index (χ4v) is 1.59. The quantitative estimate of drug-likeness (QED) is 0.635. The van der Waals surface area contributed by atoms with Crippen LogP contribution in [0.25, 0.3) is 0 Å². The molecule has 5 nitrogen and oxygen atoms in total. The van der Waals surface area contributed by atoms with Crippen molar-refractivity contribution in [1.82, 2.24) is 0 Å². The Labute approximate surface area is 113 Å². The highest BCUT2D eigenvalue weighted by atomic mass is 35.5. The van der Waals surface area contributed by atoms with Crippen LogP contribution in [0.1, 0.15) is 20.9 Å². The lowest BCUT2D eigenvalue weighted by atomic mass is 10.2. The summed E-state index contributed by atoms with van der Waals surface area (Å²) in [7, 11) is 1.25. The Bertz CT molecular complexity index is 617. The molecule has 0 aliphatic heterocycles. The molecule has 0 aliphatic carbocycles. The number of hydrogen-bond donors (Lipinski definition) is 0. The third-order valence-corrected chi connectivity index (χ3v) is 2.51. The van der Waals surface area contributed by atoms with Crippen molar-refractivity contribution in [2.75, 3.05) is 7.11 Å². The molecule has 0 amide bonds. The molecule has 0 aliphatic rings. The first-order valence-corrected chi connectivity index (χ1v) is 5.62. The van der Waals surface area contributed by atoms with Gasteiger partial charge in [-0.1, -0.05) is 11.6 Å². The first kappa shape index (κ1) is 13.2. The van der Waals surface area contributed by atoms with Gasteiger partial charge in [-0.05, 0) is 24.3 Å². The highest BCUT2D eigenvalue weighted by Crippen LogP contribution is 2.29. The molecular formula is C13H9ClO5. The van der Waals surface area contributed by atoms with Gasteiger partial charge in [-0.2, -0.15) is 0 Å². The maximum Gasteiger partial charge on any atom is 0.341 e. The number of methoxy groups -OCH3 is 1. The maximum atomic E-state index is 11.6. The van der Waals surface area contributed by atoms with Crippen molar-refractivity contribution >= 4 is 23.9 Å². The molecule has 0 atom stereocenters. The summed E-state index contributed by atoms with van der Waals surface area (Å²) in [5.41, 5.74) is 0.166. The zero-order valence-corrected chi connectivity index (χ0v) is 10.6. The summed E-state index contributed by atoms with van der Waals surface area (Å²) in [5, 5.41) is 0.376. The van der Waals surface area contributed by atoms with Gasteiger partial charge < -0.3 is 13.9 Å². The van der Waals surface area contributed by atoms with Crippen LogP contribution in [0.5, 0.6) is 11.7 Å². The minimum atomic E-state index is -0.584. The van der Waals surface area contributed by atoms with Crippen LogP contribution in [0.4, 0.5) is 0 Å². The van der Waals surface area contributed by atoms with Crippen LogP contribution in [0.3, 0.4) is 0 Å². The zero-order chi connectivity index (χ0) is 13.8. The van der Waals surface area contributed by atoms with Crippen LogP contribution in [0.2, 0.25) is 5.02 Å². The van der Waals surface area contributed by atoms with E-state index >= 15 is 0 Å². The number of esters is 1. The smallest absolute Gasteiger partial charge is 0.341 e. The second kappa shape index (κ2) is 5.58. The molecule has 19 heavy (non-hydrogen) atoms. The summed E-state index contributed by atoms with van der Waals surface area (Å²) < 4.78 is 15.1. The third-order valence-electron chi connectivity index (χ3n) is 2.28. The van der Waals surface area contributed by atoms with E-state index in [-0.39, 0.29) is 23.0 Å². The van der Waals surface area contributed by atoms with Crippen LogP contribution in [-0.2, 0) is 4.74 Å². The maximum absolute atomic E-state index is 11.6. The summed E-state index contributed by atoms with van der Waals surface area (Å²) >= 11 is 5.81. The number of rotatable bonds is 4. The van der Waals surface area contributed by atoms with Crippen molar-refractivity contribution in [3.8, 4) is 11.7 Å². The molecule has 2 rings (SSSR count). The minimum Gasteiger partial charge on any atom is -0.465 e. The van der Waals surface area contributed by atoms with Gasteiger partial charge in [-0.15, -0.1) is 0 Å². The van der Waals surface area contributed by atoms with Crippen molar-refractivity contribution in [3.63, 3.8) is 0 Å². The van der Waals surface area contributed by atoms with Gasteiger partial charge in [0, 0.05) is 11.1 Å². The molecule has 0 N–H and O–H groups in total. The SMILES string of the molecule is COC(=O)c1cc(Cl)ccc1Oc1ccc(C=O)o1. The molecule has 0 bridgehead atoms. The topological polar surface area (TPSA) is 65.7 Å². The predicted octanol–water partition coefficient (Wildman–Crippen LogP) is 3.32. The van der Waals surface area contributed by atoms with Gasteiger partial charge in [0.15, 0.2) is 12.0 Å². The summed E-state index contributed by atoms with van der Waals surface area (Å²) in [6.07, 6.45) is 0.552. The van der Waals surface area contributed by atoms with Crippen LogP contribution in [-0.4, -0.2) is 19.4 Å². The van der Waals surface area contributed by atoms with E-state index in [1.54, 1.807) is 6.07 Å². The monoisotopic (exact) mass is 280 g/mol. The molecule has 98 valence electrons. The molecule has 0 unspecified atom stereocenters. The Morgan fingerprint density at radius 3 is 2.74 bits per heavy atom. The molecule has 1 aromatic heterocycles. The highest BCUT2D eigenvalue weighted by Gasteiger charge is 2.15. The van der Waals surface area contributed by atoms with E-state index in [1.807, 2.05) is 0 Å². The molecular weight excluding hydrogens is 272 g/mol. The first-order chi connectivity index (χ1) is 9.13. The number of furan rings is 1. The highest BCUT2D eigenvalue weighted by molar-refractivity contribution is 6.31. The molecule has 6 heteroatoms. The van der Waals surface area contributed by atoms with Crippen molar-refractivity contribution in [2.24, 2.45) is 0 Å². The average Bonchev–Trinajstić information content (AvgIpc) is 2.87. The second-order valence-corrected chi connectivity index (χ2v) is 3.95. The van der Waals surface area contributed by atoms with Gasteiger partial charge in [0.1, 0.15) is 11.3 Å². The summed E-state index contributed by atoms with van der Waals surface area (Å²) in [5.74, 6) is -0.138. The van der Waals surface area contributed by atoms with Crippen LogP contribution in [0.15, 0.2) is 34.7 Å². The van der Waals surface area contributed by atoms with Gasteiger partial charge in [0.2, 0.25) is 0 Å².